The molecule has 0 radical (unpaired) electrons. The monoisotopic (exact) mass is 215 g/mol. The van der Waals surface area contributed by atoms with Crippen LogP contribution in [-0.4, -0.2) is 36.1 Å². The molecule has 1 atom stereocenters. The van der Waals surface area contributed by atoms with E-state index >= 15 is 0 Å². The molecule has 0 saturated carbocycles. The molecule has 0 amide bonds. The summed E-state index contributed by atoms with van der Waals surface area (Å²) < 4.78 is 0. The van der Waals surface area contributed by atoms with Crippen LogP contribution in [0.15, 0.2) is 0 Å². The van der Waals surface area contributed by atoms with Crippen molar-refractivity contribution < 1.29 is 9.90 Å². The summed E-state index contributed by atoms with van der Waals surface area (Å²) in [5, 5.41) is 8.64. The summed E-state index contributed by atoms with van der Waals surface area (Å²) in [6.07, 6.45) is 6.19. The molecule has 90 valence electrons. The average molecular weight is 215 g/mol. The first-order valence-electron chi connectivity index (χ1n) is 6.00. The Morgan fingerprint density at radius 1 is 1.33 bits per heavy atom. The summed E-state index contributed by atoms with van der Waals surface area (Å²) >= 11 is 0. The van der Waals surface area contributed by atoms with Gasteiger partial charge in [-0.15, -0.1) is 0 Å². The number of nitrogens with zero attached hydrogens (tertiary/aromatic N) is 1. The number of carboxylic acid groups (broad SMARTS) is 1. The van der Waals surface area contributed by atoms with Crippen LogP contribution >= 0.6 is 0 Å². The Hall–Kier alpha value is -0.570. The largest absolute Gasteiger partial charge is 0.480 e. The first kappa shape index (κ1) is 14.4. The van der Waals surface area contributed by atoms with Gasteiger partial charge in [-0.3, -0.25) is 9.69 Å². The van der Waals surface area contributed by atoms with E-state index in [-0.39, 0.29) is 6.54 Å². The molecule has 0 fully saturated rings. The molecule has 0 spiro atoms. The van der Waals surface area contributed by atoms with Gasteiger partial charge in [-0.2, -0.15) is 0 Å². The Kier molecular flexibility index (Phi) is 8.38. The lowest BCUT2D eigenvalue weighted by atomic mass is 9.98. The van der Waals surface area contributed by atoms with Crippen LogP contribution in [0.4, 0.5) is 0 Å². The summed E-state index contributed by atoms with van der Waals surface area (Å²) in [7, 11) is 1.89. The van der Waals surface area contributed by atoms with Crippen molar-refractivity contribution in [3.8, 4) is 0 Å². The molecule has 0 aliphatic rings. The van der Waals surface area contributed by atoms with Crippen molar-refractivity contribution in [2.75, 3.05) is 20.1 Å². The highest BCUT2D eigenvalue weighted by atomic mass is 16.4. The molecule has 0 aromatic rings. The van der Waals surface area contributed by atoms with E-state index in [9.17, 15) is 4.79 Å². The molecule has 3 heteroatoms. The van der Waals surface area contributed by atoms with E-state index in [1.807, 2.05) is 11.9 Å². The summed E-state index contributed by atoms with van der Waals surface area (Å²) in [6.45, 7) is 5.46. The smallest absolute Gasteiger partial charge is 0.317 e. The van der Waals surface area contributed by atoms with Gasteiger partial charge in [-0.1, -0.05) is 39.5 Å². The highest BCUT2D eigenvalue weighted by molar-refractivity contribution is 5.68. The lowest BCUT2D eigenvalue weighted by Crippen LogP contribution is -2.30. The van der Waals surface area contributed by atoms with Gasteiger partial charge in [0.05, 0.1) is 6.54 Å². The van der Waals surface area contributed by atoms with Crippen molar-refractivity contribution in [1.82, 2.24) is 4.90 Å². The van der Waals surface area contributed by atoms with E-state index in [0.29, 0.717) is 5.92 Å². The van der Waals surface area contributed by atoms with Gasteiger partial charge in [-0.25, -0.2) is 0 Å². The fraction of sp³-hybridized carbons (Fsp3) is 0.917. The van der Waals surface area contributed by atoms with Crippen LogP contribution in [0.3, 0.4) is 0 Å². The van der Waals surface area contributed by atoms with E-state index in [2.05, 4.69) is 13.8 Å². The van der Waals surface area contributed by atoms with E-state index in [1.54, 1.807) is 0 Å². The van der Waals surface area contributed by atoms with Gasteiger partial charge in [0.1, 0.15) is 0 Å². The fourth-order valence-electron chi connectivity index (χ4n) is 1.84. The molecule has 3 nitrogen and oxygen atoms in total. The van der Waals surface area contributed by atoms with Crippen LogP contribution in [0.2, 0.25) is 0 Å². The summed E-state index contributed by atoms with van der Waals surface area (Å²) in [5.41, 5.74) is 0. The predicted molar refractivity (Wildman–Crippen MR) is 63.1 cm³/mol. The lowest BCUT2D eigenvalue weighted by molar-refractivity contribution is -0.138. The van der Waals surface area contributed by atoms with Gasteiger partial charge in [0.25, 0.3) is 0 Å². The molecule has 1 unspecified atom stereocenters. The Bertz CT molecular complexity index is 171. The number of unbranched alkanes of at least 4 members (excludes halogenated alkanes) is 2. The fourth-order valence-corrected chi connectivity index (χ4v) is 1.84. The Morgan fingerprint density at radius 2 is 2.00 bits per heavy atom. The highest BCUT2D eigenvalue weighted by Crippen LogP contribution is 2.14. The molecular weight excluding hydrogens is 190 g/mol. The number of carbonyl (C=O) groups is 1. The van der Waals surface area contributed by atoms with Gasteiger partial charge in [0.15, 0.2) is 0 Å². The number of rotatable bonds is 9. The van der Waals surface area contributed by atoms with Gasteiger partial charge >= 0.3 is 5.97 Å². The minimum absolute atomic E-state index is 0.157. The Balaban J connectivity index is 3.71. The summed E-state index contributed by atoms with van der Waals surface area (Å²) in [5.74, 6) is -0.0817. The first-order valence-corrected chi connectivity index (χ1v) is 6.00. The lowest BCUT2D eigenvalue weighted by Gasteiger charge is -2.21. The van der Waals surface area contributed by atoms with Crippen molar-refractivity contribution in [2.24, 2.45) is 5.92 Å². The molecule has 1 N–H and O–H groups in total. The Labute approximate surface area is 93.5 Å². The van der Waals surface area contributed by atoms with Crippen LogP contribution in [0, 0.1) is 5.92 Å². The maximum Gasteiger partial charge on any atom is 0.317 e. The molecule has 0 aliphatic heterocycles. The number of hydrogen-bond acceptors (Lipinski definition) is 2. The number of aliphatic carboxylic acids is 1. The van der Waals surface area contributed by atoms with Crippen LogP contribution in [0.5, 0.6) is 0 Å². The average Bonchev–Trinajstić information content (AvgIpc) is 2.15. The van der Waals surface area contributed by atoms with E-state index in [4.69, 9.17) is 5.11 Å². The third kappa shape index (κ3) is 8.43. The molecule has 0 aliphatic carbocycles. The molecular formula is C12H25NO2. The normalized spacial score (nSPS) is 13.1. The second kappa shape index (κ2) is 8.72. The van der Waals surface area contributed by atoms with Gasteiger partial charge in [-0.05, 0) is 19.4 Å². The second-order valence-electron chi connectivity index (χ2n) is 4.36. The second-order valence-corrected chi connectivity index (χ2v) is 4.36. The summed E-state index contributed by atoms with van der Waals surface area (Å²) in [4.78, 5) is 12.4. The van der Waals surface area contributed by atoms with Crippen LogP contribution in [0.25, 0.3) is 0 Å². The number of likely N-dealkylation sites (N-methyl/N-ethyl adjacent to an activating group) is 1. The minimum Gasteiger partial charge on any atom is -0.480 e. The molecule has 0 aromatic carbocycles. The maximum absolute atomic E-state index is 10.5. The molecule has 0 rings (SSSR count). The van der Waals surface area contributed by atoms with Crippen LogP contribution < -0.4 is 0 Å². The molecule has 0 saturated heterocycles. The van der Waals surface area contributed by atoms with Gasteiger partial charge < -0.3 is 5.11 Å². The predicted octanol–water partition coefficient (Wildman–Crippen LogP) is 2.61. The molecule has 0 aromatic heterocycles. The zero-order valence-electron chi connectivity index (χ0n) is 10.3. The van der Waals surface area contributed by atoms with Crippen molar-refractivity contribution >= 4 is 5.97 Å². The first-order chi connectivity index (χ1) is 7.10. The van der Waals surface area contributed by atoms with E-state index in [1.165, 1.54) is 25.7 Å². The maximum atomic E-state index is 10.5. The van der Waals surface area contributed by atoms with Gasteiger partial charge in [0.2, 0.25) is 0 Å². The zero-order valence-corrected chi connectivity index (χ0v) is 10.3. The number of carboxylic acids is 1. The highest BCUT2D eigenvalue weighted by Gasteiger charge is 2.11. The van der Waals surface area contributed by atoms with E-state index in [0.717, 1.165) is 13.0 Å². The molecule has 15 heavy (non-hydrogen) atoms. The Morgan fingerprint density at radius 3 is 2.47 bits per heavy atom. The molecule has 0 bridgehead atoms. The summed E-state index contributed by atoms with van der Waals surface area (Å²) in [6, 6.07) is 0. The zero-order chi connectivity index (χ0) is 11.7. The van der Waals surface area contributed by atoms with Crippen molar-refractivity contribution in [2.45, 2.75) is 46.0 Å². The third-order valence-corrected chi connectivity index (χ3v) is 2.77. The molecule has 0 heterocycles. The van der Waals surface area contributed by atoms with Crippen molar-refractivity contribution in [3.05, 3.63) is 0 Å². The van der Waals surface area contributed by atoms with Crippen LogP contribution in [-0.2, 0) is 4.79 Å². The SMILES string of the molecule is CCCCCC(CC)CN(C)CC(=O)O. The minimum atomic E-state index is -0.735. The quantitative estimate of drug-likeness (QED) is 0.601. The number of hydrogen-bond donors (Lipinski definition) is 1. The third-order valence-electron chi connectivity index (χ3n) is 2.77. The topological polar surface area (TPSA) is 40.5 Å². The van der Waals surface area contributed by atoms with Crippen LogP contribution in [0.1, 0.15) is 46.0 Å². The van der Waals surface area contributed by atoms with Crippen molar-refractivity contribution in [1.29, 1.82) is 0 Å². The van der Waals surface area contributed by atoms with Crippen molar-refractivity contribution in [3.63, 3.8) is 0 Å². The standard InChI is InChI=1S/C12H25NO2/c1-4-6-7-8-11(5-2)9-13(3)10-12(14)15/h11H,4-10H2,1-3H3,(H,14,15). The van der Waals surface area contributed by atoms with Gasteiger partial charge in [0, 0.05) is 6.54 Å². The van der Waals surface area contributed by atoms with E-state index < -0.39 is 5.97 Å².